The number of cyclic esters (lactones) is 1. The summed E-state index contributed by atoms with van der Waals surface area (Å²) in [6, 6.07) is 17.4. The fourth-order valence-electron chi connectivity index (χ4n) is 4.42. The molecule has 0 aliphatic carbocycles. The van der Waals surface area contributed by atoms with E-state index in [0.29, 0.717) is 24.9 Å². The number of pyridine rings is 1. The van der Waals surface area contributed by atoms with Gasteiger partial charge in [0.05, 0.1) is 6.04 Å². The van der Waals surface area contributed by atoms with Crippen molar-refractivity contribution in [2.75, 3.05) is 11.0 Å². The van der Waals surface area contributed by atoms with Crippen LogP contribution in [0.2, 0.25) is 0 Å². The molecule has 1 aliphatic heterocycles. The number of halogens is 2. The standard InChI is InChI=1S/C26H26FIN2O3/c1-18(19-5-7-20(8-6-19)23-4-2-16-29-24(23)31)30-17-14-26(13-3-15-28,33-25(30)32)21-9-11-22(27)12-10-21/h2,4-12,16,18H,3,13-15,17H2,1H3,(H,29,31)/t18-,26+/m0/s1. The van der Waals surface area contributed by atoms with E-state index in [1.807, 2.05) is 31.2 Å². The van der Waals surface area contributed by atoms with Crippen LogP contribution in [0, 0.1) is 5.82 Å². The minimum Gasteiger partial charge on any atom is -0.438 e. The topological polar surface area (TPSA) is 62.4 Å². The summed E-state index contributed by atoms with van der Waals surface area (Å²) in [4.78, 5) is 29.6. The van der Waals surface area contributed by atoms with E-state index >= 15 is 0 Å². The van der Waals surface area contributed by atoms with E-state index < -0.39 is 5.60 Å². The first-order valence-electron chi connectivity index (χ1n) is 11.0. The van der Waals surface area contributed by atoms with Crippen LogP contribution in [0.1, 0.15) is 43.4 Å². The molecule has 5 nitrogen and oxygen atoms in total. The molecule has 2 atom stereocenters. The Morgan fingerprint density at radius 1 is 1.12 bits per heavy atom. The van der Waals surface area contributed by atoms with Gasteiger partial charge in [0.2, 0.25) is 0 Å². The van der Waals surface area contributed by atoms with Crippen molar-refractivity contribution in [1.29, 1.82) is 0 Å². The van der Waals surface area contributed by atoms with Crippen LogP contribution in [0.15, 0.2) is 71.7 Å². The van der Waals surface area contributed by atoms with E-state index in [0.717, 1.165) is 27.5 Å². The fraction of sp³-hybridized carbons (Fsp3) is 0.308. The number of benzene rings is 2. The van der Waals surface area contributed by atoms with Crippen LogP contribution in [-0.4, -0.2) is 26.9 Å². The van der Waals surface area contributed by atoms with Gasteiger partial charge in [-0.2, -0.15) is 0 Å². The maximum Gasteiger partial charge on any atom is 0.411 e. The zero-order valence-corrected chi connectivity index (χ0v) is 20.5. The normalized spacial score (nSPS) is 19.2. The molecule has 1 amide bonds. The largest absolute Gasteiger partial charge is 0.438 e. The number of alkyl halides is 1. The Hall–Kier alpha value is -2.68. The monoisotopic (exact) mass is 560 g/mol. The van der Waals surface area contributed by atoms with E-state index in [9.17, 15) is 14.0 Å². The number of carbonyl (C=O) groups excluding carboxylic acids is 1. The lowest BCUT2D eigenvalue weighted by molar-refractivity contribution is -0.0656. The van der Waals surface area contributed by atoms with Gasteiger partial charge in [-0.25, -0.2) is 9.18 Å². The minimum absolute atomic E-state index is 0.137. The third-order valence-corrected chi connectivity index (χ3v) is 7.11. The summed E-state index contributed by atoms with van der Waals surface area (Å²) in [5.41, 5.74) is 2.36. The van der Waals surface area contributed by atoms with Gasteiger partial charge in [-0.15, -0.1) is 0 Å². The van der Waals surface area contributed by atoms with Crippen molar-refractivity contribution in [2.24, 2.45) is 0 Å². The first kappa shape index (κ1) is 23.5. The predicted octanol–water partition coefficient (Wildman–Crippen LogP) is 6.20. The molecule has 1 saturated heterocycles. The molecule has 2 aromatic carbocycles. The van der Waals surface area contributed by atoms with Crippen LogP contribution >= 0.6 is 22.6 Å². The highest BCUT2D eigenvalue weighted by molar-refractivity contribution is 14.1. The Morgan fingerprint density at radius 2 is 1.85 bits per heavy atom. The van der Waals surface area contributed by atoms with E-state index in [-0.39, 0.29) is 23.5 Å². The molecular weight excluding hydrogens is 534 g/mol. The molecule has 1 fully saturated rings. The molecule has 0 spiro atoms. The van der Waals surface area contributed by atoms with Crippen LogP contribution in [-0.2, 0) is 10.3 Å². The SMILES string of the molecule is C[C@@H](c1ccc(-c2ccc[nH]c2=O)cc1)N1CC[C@](CCCI)(c2ccc(F)cc2)OC1=O. The van der Waals surface area contributed by atoms with E-state index in [4.69, 9.17) is 4.74 Å². The summed E-state index contributed by atoms with van der Waals surface area (Å²) in [6.07, 6.45) is 3.49. The molecule has 1 aliphatic rings. The van der Waals surface area contributed by atoms with Gasteiger partial charge in [-0.05, 0) is 65.1 Å². The van der Waals surface area contributed by atoms with Crippen molar-refractivity contribution in [3.63, 3.8) is 0 Å². The summed E-state index contributed by atoms with van der Waals surface area (Å²) in [6.45, 7) is 2.51. The summed E-state index contributed by atoms with van der Waals surface area (Å²) in [5.74, 6) is -0.305. The first-order chi connectivity index (χ1) is 15.9. The Morgan fingerprint density at radius 3 is 2.48 bits per heavy atom. The van der Waals surface area contributed by atoms with Crippen molar-refractivity contribution in [3.05, 3.63) is 94.2 Å². The minimum atomic E-state index is -0.732. The fourth-order valence-corrected chi connectivity index (χ4v) is 4.80. The van der Waals surface area contributed by atoms with Crippen molar-refractivity contribution in [2.45, 2.75) is 37.8 Å². The van der Waals surface area contributed by atoms with Gasteiger partial charge in [0.25, 0.3) is 5.56 Å². The second-order valence-electron chi connectivity index (χ2n) is 8.32. The molecule has 7 heteroatoms. The highest BCUT2D eigenvalue weighted by Crippen LogP contribution is 2.40. The number of hydrogen-bond acceptors (Lipinski definition) is 3. The molecule has 172 valence electrons. The zero-order chi connectivity index (χ0) is 23.4. The van der Waals surface area contributed by atoms with Crippen molar-refractivity contribution in [3.8, 4) is 11.1 Å². The lowest BCUT2D eigenvalue weighted by Gasteiger charge is -2.43. The van der Waals surface area contributed by atoms with E-state index in [1.165, 1.54) is 12.1 Å². The number of nitrogens with one attached hydrogen (secondary N) is 1. The molecule has 0 bridgehead atoms. The average molecular weight is 560 g/mol. The molecule has 33 heavy (non-hydrogen) atoms. The lowest BCUT2D eigenvalue weighted by atomic mass is 9.84. The summed E-state index contributed by atoms with van der Waals surface area (Å²) in [5, 5.41) is 0. The third-order valence-electron chi connectivity index (χ3n) is 6.35. The number of hydrogen-bond donors (Lipinski definition) is 1. The number of carbonyl (C=O) groups is 1. The number of rotatable bonds is 7. The van der Waals surface area contributed by atoms with Gasteiger partial charge in [-0.3, -0.25) is 4.79 Å². The maximum atomic E-state index is 13.5. The second kappa shape index (κ2) is 10.1. The number of nitrogens with zero attached hydrogens (tertiary/aromatic N) is 1. The van der Waals surface area contributed by atoms with Crippen molar-refractivity contribution >= 4 is 28.7 Å². The highest BCUT2D eigenvalue weighted by Gasteiger charge is 2.43. The van der Waals surface area contributed by atoms with Gasteiger partial charge < -0.3 is 14.6 Å². The number of aromatic nitrogens is 1. The van der Waals surface area contributed by atoms with Crippen LogP contribution in [0.25, 0.3) is 11.1 Å². The average Bonchev–Trinajstić information content (AvgIpc) is 2.83. The molecule has 0 unspecified atom stereocenters. The molecule has 1 aromatic heterocycles. The van der Waals surface area contributed by atoms with Crippen LogP contribution in [0.5, 0.6) is 0 Å². The number of amides is 1. The Bertz CT molecular complexity index is 1160. The quantitative estimate of drug-likeness (QED) is 0.277. The number of aromatic amines is 1. The van der Waals surface area contributed by atoms with Crippen LogP contribution in [0.3, 0.4) is 0 Å². The zero-order valence-electron chi connectivity index (χ0n) is 18.4. The molecule has 1 N–H and O–H groups in total. The molecular formula is C26H26FIN2O3. The maximum absolute atomic E-state index is 13.5. The van der Waals surface area contributed by atoms with Crippen LogP contribution < -0.4 is 5.56 Å². The molecule has 4 rings (SSSR count). The highest BCUT2D eigenvalue weighted by atomic mass is 127. The predicted molar refractivity (Wildman–Crippen MR) is 135 cm³/mol. The second-order valence-corrected chi connectivity index (χ2v) is 9.39. The third kappa shape index (κ3) is 4.98. The van der Waals surface area contributed by atoms with Gasteiger partial charge in [0.1, 0.15) is 11.4 Å². The number of H-pyrrole nitrogens is 1. The van der Waals surface area contributed by atoms with Crippen LogP contribution in [0.4, 0.5) is 9.18 Å². The molecule has 0 radical (unpaired) electrons. The Balaban J connectivity index is 1.53. The van der Waals surface area contributed by atoms with Gasteiger partial charge in [-0.1, -0.05) is 59.0 Å². The number of ether oxygens (including phenoxy) is 1. The lowest BCUT2D eigenvalue weighted by Crippen LogP contribution is -2.48. The summed E-state index contributed by atoms with van der Waals surface area (Å²) in [7, 11) is 0. The molecule has 2 heterocycles. The Labute approximate surface area is 206 Å². The molecule has 3 aromatic rings. The van der Waals surface area contributed by atoms with Crippen molar-refractivity contribution in [1.82, 2.24) is 9.88 Å². The summed E-state index contributed by atoms with van der Waals surface area (Å²) < 4.78 is 20.5. The first-order valence-corrected chi connectivity index (χ1v) is 12.6. The van der Waals surface area contributed by atoms with Gasteiger partial charge >= 0.3 is 6.09 Å². The van der Waals surface area contributed by atoms with E-state index in [1.54, 1.807) is 35.4 Å². The van der Waals surface area contributed by atoms with Gasteiger partial charge in [0.15, 0.2) is 0 Å². The van der Waals surface area contributed by atoms with Crippen molar-refractivity contribution < 1.29 is 13.9 Å². The Kier molecular flexibility index (Phi) is 7.17. The smallest absolute Gasteiger partial charge is 0.411 e. The van der Waals surface area contributed by atoms with E-state index in [2.05, 4.69) is 27.6 Å². The summed E-state index contributed by atoms with van der Waals surface area (Å²) >= 11 is 2.32. The molecule has 0 saturated carbocycles. The van der Waals surface area contributed by atoms with Gasteiger partial charge in [0, 0.05) is 24.7 Å².